The summed E-state index contributed by atoms with van der Waals surface area (Å²) in [5.41, 5.74) is 5.28. The highest BCUT2D eigenvalue weighted by Gasteiger charge is 2.20. The molecule has 11 heavy (non-hydrogen) atoms. The van der Waals surface area contributed by atoms with Gasteiger partial charge in [-0.2, -0.15) is 0 Å². The summed E-state index contributed by atoms with van der Waals surface area (Å²) in [6.07, 6.45) is 0. The first kappa shape index (κ1) is 8.49. The van der Waals surface area contributed by atoms with Crippen molar-refractivity contribution in [3.63, 3.8) is 0 Å². The van der Waals surface area contributed by atoms with Crippen LogP contribution in [0.25, 0.3) is 0 Å². The molecule has 0 radical (unpaired) electrons. The summed E-state index contributed by atoms with van der Waals surface area (Å²) in [7, 11) is 0. The number of hydrogen-bond donors (Lipinski definition) is 1. The van der Waals surface area contributed by atoms with Crippen LogP contribution in [0.15, 0.2) is 0 Å². The maximum absolute atomic E-state index is 10.8. The van der Waals surface area contributed by atoms with Gasteiger partial charge >= 0.3 is 5.97 Å². The maximum Gasteiger partial charge on any atom is 0.322 e. The zero-order valence-electron chi connectivity index (χ0n) is 6.58. The summed E-state index contributed by atoms with van der Waals surface area (Å²) in [5, 5.41) is 0. The van der Waals surface area contributed by atoms with Crippen LogP contribution in [0.1, 0.15) is 6.92 Å². The highest BCUT2D eigenvalue weighted by molar-refractivity contribution is 5.74. The summed E-state index contributed by atoms with van der Waals surface area (Å²) in [5.74, 6) is 0.0506. The predicted molar refractivity (Wildman–Crippen MR) is 38.9 cm³/mol. The third kappa shape index (κ3) is 2.48. The molecular formula is C7H13NO3. The summed E-state index contributed by atoms with van der Waals surface area (Å²) >= 11 is 0. The average Bonchev–Trinajstić information content (AvgIpc) is 1.83. The Balaban J connectivity index is 2.06. The van der Waals surface area contributed by atoms with Crippen molar-refractivity contribution in [3.05, 3.63) is 0 Å². The van der Waals surface area contributed by atoms with Gasteiger partial charge in [0.2, 0.25) is 0 Å². The second-order valence-corrected chi connectivity index (χ2v) is 2.82. The highest BCUT2D eigenvalue weighted by atomic mass is 16.5. The third-order valence-electron chi connectivity index (χ3n) is 1.54. The fourth-order valence-electron chi connectivity index (χ4n) is 0.712. The zero-order valence-corrected chi connectivity index (χ0v) is 6.58. The topological polar surface area (TPSA) is 61.6 Å². The molecular weight excluding hydrogens is 146 g/mol. The van der Waals surface area contributed by atoms with E-state index in [1.807, 2.05) is 0 Å². The van der Waals surface area contributed by atoms with Gasteiger partial charge in [-0.1, -0.05) is 0 Å². The molecule has 1 atom stereocenters. The van der Waals surface area contributed by atoms with Crippen molar-refractivity contribution >= 4 is 5.97 Å². The van der Waals surface area contributed by atoms with Gasteiger partial charge in [-0.3, -0.25) is 4.79 Å². The van der Waals surface area contributed by atoms with Crippen LogP contribution in [-0.2, 0) is 14.3 Å². The lowest BCUT2D eigenvalue weighted by Crippen LogP contribution is -2.36. The van der Waals surface area contributed by atoms with Crippen LogP contribution in [0.5, 0.6) is 0 Å². The molecule has 1 fully saturated rings. The van der Waals surface area contributed by atoms with Crippen LogP contribution in [-0.4, -0.2) is 31.8 Å². The minimum atomic E-state index is -0.518. The molecule has 64 valence electrons. The van der Waals surface area contributed by atoms with Crippen LogP contribution in [0.2, 0.25) is 0 Å². The second kappa shape index (κ2) is 3.69. The van der Waals surface area contributed by atoms with E-state index >= 15 is 0 Å². The first-order chi connectivity index (χ1) is 5.20. The molecule has 4 heteroatoms. The van der Waals surface area contributed by atoms with Gasteiger partial charge in [0.05, 0.1) is 19.8 Å². The lowest BCUT2D eigenvalue weighted by atomic mass is 10.1. The fourth-order valence-corrected chi connectivity index (χ4v) is 0.712. The lowest BCUT2D eigenvalue weighted by molar-refractivity contribution is -0.151. The van der Waals surface area contributed by atoms with Gasteiger partial charge in [0.15, 0.2) is 0 Å². The van der Waals surface area contributed by atoms with Crippen LogP contribution in [0.4, 0.5) is 0 Å². The van der Waals surface area contributed by atoms with Crippen molar-refractivity contribution in [3.8, 4) is 0 Å². The third-order valence-corrected chi connectivity index (χ3v) is 1.54. The van der Waals surface area contributed by atoms with Gasteiger partial charge in [0.25, 0.3) is 0 Å². The molecule has 2 N–H and O–H groups in total. The second-order valence-electron chi connectivity index (χ2n) is 2.82. The minimum absolute atomic E-state index is 0.336. The first-order valence-electron chi connectivity index (χ1n) is 3.70. The van der Waals surface area contributed by atoms with E-state index in [2.05, 4.69) is 0 Å². The first-order valence-corrected chi connectivity index (χ1v) is 3.70. The van der Waals surface area contributed by atoms with Crippen molar-refractivity contribution in [1.82, 2.24) is 0 Å². The van der Waals surface area contributed by atoms with Crippen LogP contribution < -0.4 is 5.73 Å². The number of rotatable bonds is 3. The Morgan fingerprint density at radius 1 is 1.82 bits per heavy atom. The maximum atomic E-state index is 10.8. The number of carbonyl (C=O) groups excluding carboxylic acids is 1. The molecule has 0 spiro atoms. The molecule has 0 amide bonds. The Bertz CT molecular complexity index is 143. The Morgan fingerprint density at radius 2 is 2.45 bits per heavy atom. The van der Waals surface area contributed by atoms with E-state index < -0.39 is 6.04 Å². The number of hydrogen-bond acceptors (Lipinski definition) is 4. The smallest absolute Gasteiger partial charge is 0.322 e. The minimum Gasteiger partial charge on any atom is -0.464 e. The van der Waals surface area contributed by atoms with Crippen molar-refractivity contribution in [2.75, 3.05) is 19.8 Å². The molecule has 0 aliphatic carbocycles. The van der Waals surface area contributed by atoms with Gasteiger partial charge in [-0.05, 0) is 6.92 Å². The fraction of sp³-hybridized carbons (Fsp3) is 0.857. The Labute approximate surface area is 65.7 Å². The van der Waals surface area contributed by atoms with Crippen LogP contribution in [0.3, 0.4) is 0 Å². The van der Waals surface area contributed by atoms with Gasteiger partial charge in [0.1, 0.15) is 6.04 Å². The summed E-state index contributed by atoms with van der Waals surface area (Å²) in [6, 6.07) is -0.518. The molecule has 1 heterocycles. The summed E-state index contributed by atoms with van der Waals surface area (Å²) < 4.78 is 9.77. The highest BCUT2D eigenvalue weighted by Crippen LogP contribution is 2.09. The molecule has 1 aliphatic heterocycles. The molecule has 0 aromatic carbocycles. The van der Waals surface area contributed by atoms with E-state index in [-0.39, 0.29) is 5.97 Å². The Kier molecular flexibility index (Phi) is 2.84. The molecule has 0 aromatic heterocycles. The van der Waals surface area contributed by atoms with Crippen molar-refractivity contribution in [2.24, 2.45) is 11.7 Å². The van der Waals surface area contributed by atoms with Crippen molar-refractivity contribution < 1.29 is 14.3 Å². The standard InChI is InChI=1S/C7H13NO3/c1-5(8)7(9)11-4-6-2-10-3-6/h5-6H,2-4,8H2,1H3. The van der Waals surface area contributed by atoms with E-state index in [9.17, 15) is 4.79 Å². The molecule has 0 aromatic rings. The van der Waals surface area contributed by atoms with E-state index in [1.54, 1.807) is 6.92 Å². The van der Waals surface area contributed by atoms with E-state index in [1.165, 1.54) is 0 Å². The Morgan fingerprint density at radius 3 is 2.82 bits per heavy atom. The van der Waals surface area contributed by atoms with Gasteiger partial charge < -0.3 is 15.2 Å². The van der Waals surface area contributed by atoms with Gasteiger partial charge in [-0.15, -0.1) is 0 Å². The number of nitrogens with two attached hydrogens (primary N) is 1. The van der Waals surface area contributed by atoms with Crippen LogP contribution in [0, 0.1) is 5.92 Å². The average molecular weight is 159 g/mol. The van der Waals surface area contributed by atoms with E-state index in [0.717, 1.165) is 0 Å². The monoisotopic (exact) mass is 159 g/mol. The van der Waals surface area contributed by atoms with E-state index in [0.29, 0.717) is 25.7 Å². The van der Waals surface area contributed by atoms with Crippen molar-refractivity contribution in [1.29, 1.82) is 0 Å². The normalized spacial score (nSPS) is 20.5. The molecule has 1 rings (SSSR count). The molecule has 1 unspecified atom stereocenters. The number of carbonyl (C=O) groups is 1. The van der Waals surface area contributed by atoms with Crippen molar-refractivity contribution in [2.45, 2.75) is 13.0 Å². The SMILES string of the molecule is CC(N)C(=O)OCC1COC1. The number of esters is 1. The summed E-state index contributed by atoms with van der Waals surface area (Å²) in [4.78, 5) is 10.8. The quantitative estimate of drug-likeness (QED) is 0.565. The van der Waals surface area contributed by atoms with Gasteiger partial charge in [0, 0.05) is 5.92 Å². The molecule has 0 saturated carbocycles. The zero-order chi connectivity index (χ0) is 8.27. The van der Waals surface area contributed by atoms with Crippen LogP contribution >= 0.6 is 0 Å². The molecule has 0 bridgehead atoms. The molecule has 4 nitrogen and oxygen atoms in total. The summed E-state index contributed by atoms with van der Waals surface area (Å²) in [6.45, 7) is 3.46. The largest absolute Gasteiger partial charge is 0.464 e. The molecule has 1 aliphatic rings. The van der Waals surface area contributed by atoms with Gasteiger partial charge in [-0.25, -0.2) is 0 Å². The van der Waals surface area contributed by atoms with E-state index in [4.69, 9.17) is 15.2 Å². The Hall–Kier alpha value is -0.610. The number of ether oxygens (including phenoxy) is 2. The molecule has 1 saturated heterocycles. The predicted octanol–water partition coefficient (Wildman–Crippen LogP) is -0.477. The lowest BCUT2D eigenvalue weighted by Gasteiger charge is -2.25.